The molecule has 3 aromatic rings. The van der Waals surface area contributed by atoms with Crippen LogP contribution in [-0.4, -0.2) is 58.0 Å². The molecule has 0 atom stereocenters. The number of nitrogens with one attached hydrogen (secondary N) is 1. The van der Waals surface area contributed by atoms with Gasteiger partial charge in [-0.05, 0) is 63.5 Å². The lowest BCUT2D eigenvalue weighted by molar-refractivity contribution is -0.121. The van der Waals surface area contributed by atoms with Crippen LogP contribution in [0.15, 0.2) is 42.6 Å². The van der Waals surface area contributed by atoms with Crippen LogP contribution in [0.4, 0.5) is 0 Å². The third-order valence-corrected chi connectivity index (χ3v) is 4.26. The number of carbonyl (C=O) groups excluding carboxylic acids is 1. The summed E-state index contributed by atoms with van der Waals surface area (Å²) in [4.78, 5) is 23.6. The van der Waals surface area contributed by atoms with Crippen molar-refractivity contribution >= 4 is 41.1 Å². The minimum absolute atomic E-state index is 0. The van der Waals surface area contributed by atoms with Gasteiger partial charge in [-0.1, -0.05) is 11.6 Å². The average Bonchev–Trinajstić information content (AvgIpc) is 2.98. The summed E-state index contributed by atoms with van der Waals surface area (Å²) in [6.07, 6.45) is 2.62. The molecule has 1 aromatic carbocycles. The normalized spacial score (nSPS) is 10.4. The number of halogens is 2. The number of pyridine rings is 1. The second-order valence-corrected chi connectivity index (χ2v) is 6.82. The lowest BCUT2D eigenvalue weighted by atomic mass is 10.2. The minimum atomic E-state index is -0.0519. The summed E-state index contributed by atoms with van der Waals surface area (Å²) >= 11 is 5.99. The summed E-state index contributed by atoms with van der Waals surface area (Å²) < 4.78 is 1.85. The van der Waals surface area contributed by atoms with Crippen molar-refractivity contribution in [3.8, 4) is 11.4 Å². The van der Waals surface area contributed by atoms with Gasteiger partial charge in [0.2, 0.25) is 5.91 Å². The molecule has 0 fully saturated rings. The molecule has 0 unspecified atom stereocenters. The topological polar surface area (TPSA) is 94.6 Å². The van der Waals surface area contributed by atoms with Crippen LogP contribution in [0, 0.1) is 0 Å². The van der Waals surface area contributed by atoms with Crippen molar-refractivity contribution < 1.29 is 10.3 Å². The van der Waals surface area contributed by atoms with Crippen LogP contribution in [0.2, 0.25) is 5.02 Å². The molecule has 2 aromatic heterocycles. The van der Waals surface area contributed by atoms with Crippen molar-refractivity contribution in [3.05, 3.63) is 47.6 Å². The molecule has 0 radical (unpaired) electrons. The summed E-state index contributed by atoms with van der Waals surface area (Å²) in [7, 11) is 4.03. The second-order valence-electron chi connectivity index (χ2n) is 6.38. The van der Waals surface area contributed by atoms with Crippen LogP contribution in [0.25, 0.3) is 22.6 Å². The Morgan fingerprint density at radius 1 is 1.21 bits per heavy atom. The summed E-state index contributed by atoms with van der Waals surface area (Å²) in [6, 6.07) is 11.2. The minimum Gasteiger partial charge on any atom is -0.412 e. The first kappa shape index (κ1) is 23.8. The van der Waals surface area contributed by atoms with E-state index in [4.69, 9.17) is 11.6 Å². The number of carbonyl (C=O) groups is 1. The largest absolute Gasteiger partial charge is 0.412 e. The maximum absolute atomic E-state index is 12.4. The molecule has 2 heterocycles. The Morgan fingerprint density at radius 2 is 1.93 bits per heavy atom. The fourth-order valence-corrected chi connectivity index (χ4v) is 2.88. The Balaban J connectivity index is 0.00000196. The molecule has 0 bridgehead atoms. The maximum Gasteiger partial charge on any atom is 0.240 e. The number of benzene rings is 1. The first-order valence-corrected chi connectivity index (χ1v) is 8.91. The number of nitrogens with zero attached hydrogens (tertiary/aromatic N) is 4. The van der Waals surface area contributed by atoms with Crippen LogP contribution >= 0.6 is 24.0 Å². The highest BCUT2D eigenvalue weighted by Crippen LogP contribution is 2.24. The van der Waals surface area contributed by atoms with Gasteiger partial charge in [0, 0.05) is 23.3 Å². The van der Waals surface area contributed by atoms with Crippen molar-refractivity contribution in [2.45, 2.75) is 13.0 Å². The Bertz CT molecular complexity index is 897. The van der Waals surface area contributed by atoms with Gasteiger partial charge in [-0.3, -0.25) is 9.36 Å². The summed E-state index contributed by atoms with van der Waals surface area (Å²) in [6.45, 7) is 1.76. The molecule has 28 heavy (non-hydrogen) atoms. The predicted octanol–water partition coefficient (Wildman–Crippen LogP) is 2.42. The Morgan fingerprint density at radius 3 is 2.61 bits per heavy atom. The van der Waals surface area contributed by atoms with Gasteiger partial charge in [0.05, 0.1) is 0 Å². The lowest BCUT2D eigenvalue weighted by Gasteiger charge is -2.11. The lowest BCUT2D eigenvalue weighted by Crippen LogP contribution is -2.30. The van der Waals surface area contributed by atoms with E-state index >= 15 is 0 Å². The van der Waals surface area contributed by atoms with Crippen LogP contribution in [0.5, 0.6) is 0 Å². The highest BCUT2D eigenvalue weighted by molar-refractivity contribution is 6.30. The zero-order chi connectivity index (χ0) is 18.5. The summed E-state index contributed by atoms with van der Waals surface area (Å²) in [5.74, 6) is 0.655. The van der Waals surface area contributed by atoms with Crippen molar-refractivity contribution in [1.82, 2.24) is 24.8 Å². The van der Waals surface area contributed by atoms with Gasteiger partial charge in [0.1, 0.15) is 17.9 Å². The molecule has 0 aliphatic heterocycles. The van der Waals surface area contributed by atoms with E-state index in [0.717, 1.165) is 24.0 Å². The molecule has 9 heteroatoms. The van der Waals surface area contributed by atoms with E-state index in [1.165, 1.54) is 0 Å². The van der Waals surface area contributed by atoms with Crippen molar-refractivity contribution in [2.75, 3.05) is 27.2 Å². The van der Waals surface area contributed by atoms with Gasteiger partial charge < -0.3 is 15.7 Å². The SMILES string of the molecule is CN(C)CCCNC(=O)Cn1c(-c2ccc(Cl)cc2)nc2cccnc21.Cl.O. The molecular formula is C19H25Cl2N5O2. The molecule has 1 amide bonds. The van der Waals surface area contributed by atoms with Gasteiger partial charge in [0.25, 0.3) is 0 Å². The van der Waals surface area contributed by atoms with Gasteiger partial charge in [-0.15, -0.1) is 12.4 Å². The molecule has 3 N–H and O–H groups in total. The van der Waals surface area contributed by atoms with Crippen molar-refractivity contribution in [3.63, 3.8) is 0 Å². The van der Waals surface area contributed by atoms with Gasteiger partial charge >= 0.3 is 0 Å². The van der Waals surface area contributed by atoms with E-state index in [1.807, 2.05) is 55.1 Å². The molecule has 3 rings (SSSR count). The third-order valence-electron chi connectivity index (χ3n) is 4.01. The molecule has 152 valence electrons. The zero-order valence-electron chi connectivity index (χ0n) is 15.9. The number of rotatable bonds is 7. The number of hydrogen-bond acceptors (Lipinski definition) is 4. The smallest absolute Gasteiger partial charge is 0.240 e. The van der Waals surface area contributed by atoms with Crippen LogP contribution in [-0.2, 0) is 11.3 Å². The first-order chi connectivity index (χ1) is 12.5. The Hall–Kier alpha value is -2.19. The fraction of sp³-hybridized carbons (Fsp3) is 0.316. The molecule has 0 aliphatic rings. The van der Waals surface area contributed by atoms with Gasteiger partial charge in [-0.2, -0.15) is 0 Å². The van der Waals surface area contributed by atoms with E-state index in [1.54, 1.807) is 6.20 Å². The molecule has 0 saturated heterocycles. The molecule has 0 aliphatic carbocycles. The monoisotopic (exact) mass is 425 g/mol. The predicted molar refractivity (Wildman–Crippen MR) is 115 cm³/mol. The number of imidazole rings is 1. The third kappa shape index (κ3) is 5.90. The van der Waals surface area contributed by atoms with Crippen LogP contribution < -0.4 is 5.32 Å². The quantitative estimate of drug-likeness (QED) is 0.587. The highest BCUT2D eigenvalue weighted by atomic mass is 35.5. The van der Waals surface area contributed by atoms with E-state index in [2.05, 4.69) is 20.2 Å². The van der Waals surface area contributed by atoms with E-state index in [-0.39, 0.29) is 30.3 Å². The highest BCUT2D eigenvalue weighted by Gasteiger charge is 2.16. The average molecular weight is 426 g/mol. The van der Waals surface area contributed by atoms with Gasteiger partial charge in [-0.25, -0.2) is 9.97 Å². The van der Waals surface area contributed by atoms with E-state index in [9.17, 15) is 4.79 Å². The second kappa shape index (κ2) is 11.0. The maximum atomic E-state index is 12.4. The first-order valence-electron chi connectivity index (χ1n) is 8.53. The standard InChI is InChI=1S/C19H22ClN5O.ClH.H2O/c1-24(2)12-4-11-21-17(26)13-25-18(14-6-8-15(20)9-7-14)23-16-5-3-10-22-19(16)25;;/h3,5-10H,4,11-13H2,1-2H3,(H,21,26);1H;1H2. The molecular weight excluding hydrogens is 401 g/mol. The Labute approximate surface area is 175 Å². The van der Waals surface area contributed by atoms with Crippen molar-refractivity contribution in [2.24, 2.45) is 0 Å². The molecule has 0 saturated carbocycles. The number of fused-ring (bicyclic) bond motifs is 1. The number of aromatic nitrogens is 3. The number of amides is 1. The van der Waals surface area contributed by atoms with Crippen LogP contribution in [0.1, 0.15) is 6.42 Å². The van der Waals surface area contributed by atoms with E-state index < -0.39 is 0 Å². The fourth-order valence-electron chi connectivity index (χ4n) is 2.75. The summed E-state index contributed by atoms with van der Waals surface area (Å²) in [5, 5.41) is 3.63. The van der Waals surface area contributed by atoms with Gasteiger partial charge in [0.15, 0.2) is 5.65 Å². The summed E-state index contributed by atoms with van der Waals surface area (Å²) in [5.41, 5.74) is 2.35. The molecule has 0 spiro atoms. The van der Waals surface area contributed by atoms with Crippen LogP contribution in [0.3, 0.4) is 0 Å². The van der Waals surface area contributed by atoms with E-state index in [0.29, 0.717) is 23.0 Å². The zero-order valence-corrected chi connectivity index (χ0v) is 17.4. The molecule has 7 nitrogen and oxygen atoms in total. The number of hydrogen-bond donors (Lipinski definition) is 1. The van der Waals surface area contributed by atoms with Crippen molar-refractivity contribution in [1.29, 1.82) is 0 Å². The Kier molecular flexibility index (Phi) is 9.34.